The maximum atomic E-state index is 9.67. The van der Waals surface area contributed by atoms with Crippen LogP contribution in [0.25, 0.3) is 0 Å². The van der Waals surface area contributed by atoms with Crippen LogP contribution < -0.4 is 4.74 Å². The van der Waals surface area contributed by atoms with E-state index >= 15 is 0 Å². The molecule has 1 saturated carbocycles. The van der Waals surface area contributed by atoms with Crippen molar-refractivity contribution in [2.24, 2.45) is 5.41 Å². The number of hydrogen-bond donors (Lipinski definition) is 1. The van der Waals surface area contributed by atoms with E-state index < -0.39 is 0 Å². The Balaban J connectivity index is 2.48. The third-order valence-corrected chi connectivity index (χ3v) is 4.56. The maximum Gasteiger partial charge on any atom is 0.119 e. The molecule has 0 saturated heterocycles. The molecule has 88 valence electrons. The lowest BCUT2D eigenvalue weighted by Gasteiger charge is -2.20. The van der Waals surface area contributed by atoms with E-state index in [0.717, 1.165) is 22.2 Å². The van der Waals surface area contributed by atoms with Crippen molar-refractivity contribution in [3.63, 3.8) is 0 Å². The van der Waals surface area contributed by atoms with Crippen LogP contribution in [0, 0.1) is 5.41 Å². The van der Waals surface area contributed by atoms with Crippen LogP contribution in [0.1, 0.15) is 25.8 Å². The number of aliphatic hydroxyl groups excluding tert-OH is 1. The number of ether oxygens (including phenoxy) is 1. The van der Waals surface area contributed by atoms with Crippen LogP contribution in [-0.4, -0.2) is 18.8 Å². The van der Waals surface area contributed by atoms with Crippen molar-refractivity contribution in [3.05, 3.63) is 28.2 Å². The van der Waals surface area contributed by atoms with Crippen molar-refractivity contribution in [2.45, 2.75) is 25.7 Å². The maximum absolute atomic E-state index is 9.67. The van der Waals surface area contributed by atoms with Gasteiger partial charge < -0.3 is 9.84 Å². The third kappa shape index (κ3) is 1.57. The molecule has 1 fully saturated rings. The Morgan fingerprint density at radius 3 is 2.50 bits per heavy atom. The molecule has 1 aliphatic carbocycles. The standard InChI is InChI=1S/C13H17BrO2/c1-12(2)7-13(12,8-15)10-6-9(16-3)4-5-11(10)14/h4-6,15H,7-8H2,1-3H3. The minimum atomic E-state index is -0.111. The van der Waals surface area contributed by atoms with Crippen molar-refractivity contribution in [3.8, 4) is 5.75 Å². The van der Waals surface area contributed by atoms with Gasteiger partial charge in [0.25, 0.3) is 0 Å². The lowest BCUT2D eigenvalue weighted by Crippen LogP contribution is -2.19. The summed E-state index contributed by atoms with van der Waals surface area (Å²) in [5, 5.41) is 9.67. The smallest absolute Gasteiger partial charge is 0.119 e. The Hall–Kier alpha value is -0.540. The second kappa shape index (κ2) is 3.74. The van der Waals surface area contributed by atoms with Crippen LogP contribution in [0.2, 0.25) is 0 Å². The molecular weight excluding hydrogens is 268 g/mol. The quantitative estimate of drug-likeness (QED) is 0.924. The highest BCUT2D eigenvalue weighted by Gasteiger charge is 2.62. The molecule has 2 nitrogen and oxygen atoms in total. The molecule has 0 aromatic heterocycles. The van der Waals surface area contributed by atoms with Crippen LogP contribution in [-0.2, 0) is 5.41 Å². The van der Waals surface area contributed by atoms with Gasteiger partial charge in [-0.2, -0.15) is 0 Å². The van der Waals surface area contributed by atoms with E-state index in [0.29, 0.717) is 0 Å². The zero-order valence-electron chi connectivity index (χ0n) is 9.88. The summed E-state index contributed by atoms with van der Waals surface area (Å²) >= 11 is 3.56. The summed E-state index contributed by atoms with van der Waals surface area (Å²) in [5.74, 6) is 0.841. The minimum Gasteiger partial charge on any atom is -0.497 e. The topological polar surface area (TPSA) is 29.5 Å². The Morgan fingerprint density at radius 2 is 2.06 bits per heavy atom. The molecule has 0 aliphatic heterocycles. The predicted molar refractivity (Wildman–Crippen MR) is 67.9 cm³/mol. The number of hydrogen-bond acceptors (Lipinski definition) is 2. The molecule has 0 amide bonds. The van der Waals surface area contributed by atoms with Crippen molar-refractivity contribution in [2.75, 3.05) is 13.7 Å². The predicted octanol–water partition coefficient (Wildman–Crippen LogP) is 3.12. The molecule has 0 spiro atoms. The number of benzene rings is 1. The molecule has 0 bridgehead atoms. The van der Waals surface area contributed by atoms with Crippen molar-refractivity contribution in [1.29, 1.82) is 0 Å². The van der Waals surface area contributed by atoms with Crippen molar-refractivity contribution in [1.82, 2.24) is 0 Å². The Labute approximate surface area is 105 Å². The van der Waals surface area contributed by atoms with Gasteiger partial charge in [0.2, 0.25) is 0 Å². The SMILES string of the molecule is COc1ccc(Br)c(C2(CO)CC2(C)C)c1. The second-order valence-corrected chi connectivity index (χ2v) is 6.00. The van der Waals surface area contributed by atoms with Crippen molar-refractivity contribution >= 4 is 15.9 Å². The molecule has 1 aromatic carbocycles. The average Bonchev–Trinajstić information content (AvgIpc) is 2.83. The minimum absolute atomic E-state index is 0.111. The van der Waals surface area contributed by atoms with Crippen LogP contribution in [0.4, 0.5) is 0 Å². The van der Waals surface area contributed by atoms with Crippen LogP contribution in [0.3, 0.4) is 0 Å². The van der Waals surface area contributed by atoms with E-state index in [-0.39, 0.29) is 17.4 Å². The largest absolute Gasteiger partial charge is 0.497 e. The molecule has 1 aromatic rings. The Bertz CT molecular complexity index is 414. The van der Waals surface area contributed by atoms with E-state index in [4.69, 9.17) is 4.74 Å². The van der Waals surface area contributed by atoms with Gasteiger partial charge in [-0.25, -0.2) is 0 Å². The van der Waals surface area contributed by atoms with Gasteiger partial charge in [0, 0.05) is 9.89 Å². The first-order chi connectivity index (χ1) is 7.47. The Kier molecular flexibility index (Phi) is 2.79. The van der Waals surface area contributed by atoms with Gasteiger partial charge >= 0.3 is 0 Å². The summed E-state index contributed by atoms with van der Waals surface area (Å²) in [5.41, 5.74) is 1.20. The molecular formula is C13H17BrO2. The van der Waals surface area contributed by atoms with Gasteiger partial charge in [-0.1, -0.05) is 29.8 Å². The fourth-order valence-electron chi connectivity index (χ4n) is 2.52. The lowest BCUT2D eigenvalue weighted by atomic mass is 9.88. The normalized spacial score (nSPS) is 26.6. The van der Waals surface area contributed by atoms with Crippen LogP contribution in [0.15, 0.2) is 22.7 Å². The summed E-state index contributed by atoms with van der Waals surface area (Å²) in [4.78, 5) is 0. The lowest BCUT2D eigenvalue weighted by molar-refractivity contribution is 0.230. The van der Waals surface area contributed by atoms with Gasteiger partial charge in [-0.15, -0.1) is 0 Å². The fourth-order valence-corrected chi connectivity index (χ4v) is 3.15. The third-order valence-electron chi connectivity index (χ3n) is 3.87. The van der Waals surface area contributed by atoms with E-state index in [1.165, 1.54) is 0 Å². The first-order valence-corrected chi connectivity index (χ1v) is 6.21. The number of aliphatic hydroxyl groups is 1. The molecule has 2 rings (SSSR count). The Morgan fingerprint density at radius 1 is 1.44 bits per heavy atom. The molecule has 3 heteroatoms. The highest BCUT2D eigenvalue weighted by Crippen LogP contribution is 2.65. The summed E-state index contributed by atoms with van der Waals surface area (Å²) in [7, 11) is 1.66. The summed E-state index contributed by atoms with van der Waals surface area (Å²) < 4.78 is 6.29. The molecule has 1 unspecified atom stereocenters. The highest BCUT2D eigenvalue weighted by molar-refractivity contribution is 9.10. The zero-order valence-corrected chi connectivity index (χ0v) is 11.5. The van der Waals surface area contributed by atoms with E-state index in [9.17, 15) is 5.11 Å². The van der Waals surface area contributed by atoms with E-state index in [1.54, 1.807) is 7.11 Å². The first-order valence-electron chi connectivity index (χ1n) is 5.42. The summed E-state index contributed by atoms with van der Waals surface area (Å²) in [6.07, 6.45) is 1.02. The zero-order chi connectivity index (χ0) is 12.0. The number of methoxy groups -OCH3 is 1. The van der Waals surface area contributed by atoms with E-state index in [2.05, 4.69) is 29.8 Å². The van der Waals surface area contributed by atoms with E-state index in [1.807, 2.05) is 18.2 Å². The van der Waals surface area contributed by atoms with Gasteiger partial charge in [0.15, 0.2) is 0 Å². The number of rotatable bonds is 3. The van der Waals surface area contributed by atoms with Crippen LogP contribution >= 0.6 is 15.9 Å². The molecule has 0 heterocycles. The molecule has 1 aliphatic rings. The molecule has 1 atom stereocenters. The summed E-state index contributed by atoms with van der Waals surface area (Å²) in [6, 6.07) is 5.93. The van der Waals surface area contributed by atoms with Gasteiger partial charge in [-0.05, 0) is 35.6 Å². The molecule has 1 N–H and O–H groups in total. The molecule has 0 radical (unpaired) electrons. The van der Waals surface area contributed by atoms with Gasteiger partial charge in [-0.3, -0.25) is 0 Å². The van der Waals surface area contributed by atoms with Gasteiger partial charge in [0.05, 0.1) is 13.7 Å². The average molecular weight is 285 g/mol. The summed E-state index contributed by atoms with van der Waals surface area (Å²) in [6.45, 7) is 4.57. The van der Waals surface area contributed by atoms with Crippen LogP contribution in [0.5, 0.6) is 5.75 Å². The highest BCUT2D eigenvalue weighted by atomic mass is 79.9. The monoisotopic (exact) mass is 284 g/mol. The molecule has 16 heavy (non-hydrogen) atoms. The second-order valence-electron chi connectivity index (χ2n) is 5.15. The first kappa shape index (κ1) is 11.9. The van der Waals surface area contributed by atoms with Gasteiger partial charge in [0.1, 0.15) is 5.75 Å². The van der Waals surface area contributed by atoms with Crippen molar-refractivity contribution < 1.29 is 9.84 Å². The number of halogens is 1. The fraction of sp³-hybridized carbons (Fsp3) is 0.538.